The van der Waals surface area contributed by atoms with Gasteiger partial charge in [0.05, 0.1) is 21.7 Å². The molecule has 0 spiro atoms. The van der Waals surface area contributed by atoms with Crippen LogP contribution in [-0.4, -0.2) is 6.18 Å². The number of fused-ring (bicyclic) bond motifs is 1. The molecule has 2 N–H and O–H groups in total. The minimum atomic E-state index is -4.60. The van der Waals surface area contributed by atoms with Crippen molar-refractivity contribution in [2.45, 2.75) is 12.1 Å². The Hall–Kier alpha value is -2.18. The second-order valence-electron chi connectivity index (χ2n) is 5.68. The molecule has 0 aromatic heterocycles. The molecule has 26 heavy (non-hydrogen) atoms. The summed E-state index contributed by atoms with van der Waals surface area (Å²) in [5.74, 6) is -2.60. The Balaban J connectivity index is 1.96. The van der Waals surface area contributed by atoms with Gasteiger partial charge in [-0.15, -0.1) is 0 Å². The summed E-state index contributed by atoms with van der Waals surface area (Å²) >= 11 is 11.3. The summed E-state index contributed by atoms with van der Waals surface area (Å²) in [6.45, 7) is 0. The Labute approximate surface area is 156 Å². The van der Waals surface area contributed by atoms with Crippen molar-refractivity contribution in [2.75, 3.05) is 0 Å². The molecule has 2 aromatic rings. The van der Waals surface area contributed by atoms with Crippen molar-refractivity contribution in [2.24, 2.45) is 5.73 Å². The molecule has 0 saturated heterocycles. The first-order valence-corrected chi connectivity index (χ1v) is 8.13. The van der Waals surface area contributed by atoms with Crippen molar-refractivity contribution in [3.05, 3.63) is 74.8 Å². The highest BCUT2D eigenvalue weighted by Crippen LogP contribution is 2.39. The van der Waals surface area contributed by atoms with Gasteiger partial charge in [-0.3, -0.25) is 0 Å². The summed E-state index contributed by atoms with van der Waals surface area (Å²) in [6, 6.07) is 6.82. The predicted octanol–water partition coefficient (Wildman–Crippen LogP) is 6.00. The average Bonchev–Trinajstić information content (AvgIpc) is 2.90. The highest BCUT2D eigenvalue weighted by molar-refractivity contribution is 6.35. The first-order valence-electron chi connectivity index (χ1n) is 7.37. The third-order valence-corrected chi connectivity index (χ3v) is 4.35. The fourth-order valence-electron chi connectivity index (χ4n) is 2.60. The Morgan fingerprint density at radius 1 is 1.08 bits per heavy atom. The molecule has 0 saturated carbocycles. The van der Waals surface area contributed by atoms with Crippen LogP contribution in [0.1, 0.15) is 22.6 Å². The molecule has 0 bridgehead atoms. The number of rotatable bonds is 3. The number of nitrogens with zero attached hydrogens (tertiary/aromatic N) is 1. The molecule has 0 amide bonds. The second-order valence-corrected chi connectivity index (χ2v) is 6.49. The van der Waals surface area contributed by atoms with Crippen LogP contribution in [-0.2, 0) is 0 Å². The van der Waals surface area contributed by atoms with Crippen LogP contribution in [0.2, 0.25) is 10.0 Å². The third-order valence-electron chi connectivity index (χ3n) is 3.80. The smallest absolute Gasteiger partial charge is 0.384 e. The van der Waals surface area contributed by atoms with Crippen LogP contribution in [0.5, 0.6) is 0 Å². The molecular weight excluding hydrogens is 391 g/mol. The van der Waals surface area contributed by atoms with E-state index < -0.39 is 28.0 Å². The molecule has 135 valence electrons. The van der Waals surface area contributed by atoms with Crippen molar-refractivity contribution >= 4 is 41.0 Å². The van der Waals surface area contributed by atoms with Crippen molar-refractivity contribution in [3.8, 4) is 0 Å². The van der Waals surface area contributed by atoms with E-state index in [0.717, 1.165) is 23.8 Å². The van der Waals surface area contributed by atoms with Crippen molar-refractivity contribution in [1.29, 1.82) is 0 Å². The van der Waals surface area contributed by atoms with Gasteiger partial charge in [0.2, 0.25) is 0 Å². The Morgan fingerprint density at radius 2 is 1.73 bits per heavy atom. The molecule has 1 atom stereocenters. The number of halogens is 6. The minimum absolute atomic E-state index is 0.245. The molecule has 1 unspecified atom stereocenters. The fraction of sp³-hybridized carbons (Fsp3) is 0.111. The number of nitrogens with two attached hydrogens (primary N) is 1. The maximum Gasteiger partial charge on any atom is 0.399 e. The minimum Gasteiger partial charge on any atom is -0.384 e. The van der Waals surface area contributed by atoms with E-state index in [1.165, 1.54) is 6.08 Å². The van der Waals surface area contributed by atoms with E-state index in [2.05, 4.69) is 5.32 Å². The monoisotopic (exact) mass is 401 g/mol. The summed E-state index contributed by atoms with van der Waals surface area (Å²) < 4.78 is 53.9. The molecule has 1 radical (unpaired) electrons. The van der Waals surface area contributed by atoms with E-state index in [0.29, 0.717) is 17.1 Å². The quantitative estimate of drug-likeness (QED) is 0.497. The SMILES string of the molecule is NC1=Cc2cc(/C=C/C(c3cc(Cl)c(F)c(Cl)c3)C(F)(F)F)ccc2[N]1. The largest absolute Gasteiger partial charge is 0.399 e. The van der Waals surface area contributed by atoms with Crippen molar-refractivity contribution in [1.82, 2.24) is 5.32 Å². The van der Waals surface area contributed by atoms with Crippen molar-refractivity contribution in [3.63, 3.8) is 0 Å². The van der Waals surface area contributed by atoms with Crippen LogP contribution >= 0.6 is 23.2 Å². The fourth-order valence-corrected chi connectivity index (χ4v) is 3.10. The summed E-state index contributed by atoms with van der Waals surface area (Å²) in [7, 11) is 0. The van der Waals surface area contributed by atoms with Crippen LogP contribution in [0.3, 0.4) is 0 Å². The van der Waals surface area contributed by atoms with Gasteiger partial charge in [0, 0.05) is 5.56 Å². The standard InChI is InChI=1S/C18H11Cl2F4N2/c19-13-6-10(7-14(20)17(13)21)12(18(22,23)24)3-1-9-2-4-15-11(5-9)8-16(25)26-15/h1-8,12H,25H2/b3-1+. The Kier molecular flexibility index (Phi) is 4.90. The molecule has 2 nitrogen and oxygen atoms in total. The van der Waals surface area contributed by atoms with Gasteiger partial charge in [-0.25, -0.2) is 9.71 Å². The average molecular weight is 402 g/mol. The maximum atomic E-state index is 13.5. The van der Waals surface area contributed by atoms with Crippen LogP contribution in [0.25, 0.3) is 12.2 Å². The predicted molar refractivity (Wildman–Crippen MR) is 94.7 cm³/mol. The highest BCUT2D eigenvalue weighted by Gasteiger charge is 2.39. The first kappa shape index (κ1) is 18.6. The lowest BCUT2D eigenvalue weighted by atomic mass is 9.96. The lowest BCUT2D eigenvalue weighted by Crippen LogP contribution is -2.19. The zero-order valence-corrected chi connectivity index (χ0v) is 14.5. The van der Waals surface area contributed by atoms with E-state index in [9.17, 15) is 17.6 Å². The summed E-state index contributed by atoms with van der Waals surface area (Å²) in [4.78, 5) is 0. The van der Waals surface area contributed by atoms with Gasteiger partial charge < -0.3 is 5.73 Å². The maximum absolute atomic E-state index is 13.5. The second kappa shape index (κ2) is 6.85. The van der Waals surface area contributed by atoms with Crippen LogP contribution < -0.4 is 11.1 Å². The molecule has 0 fully saturated rings. The van der Waals surface area contributed by atoms with E-state index >= 15 is 0 Å². The summed E-state index contributed by atoms with van der Waals surface area (Å²) in [5, 5.41) is 3.15. The first-order chi connectivity index (χ1) is 12.1. The number of benzene rings is 2. The molecule has 8 heteroatoms. The summed E-state index contributed by atoms with van der Waals surface area (Å²) in [5.41, 5.74) is 7.28. The van der Waals surface area contributed by atoms with Gasteiger partial charge in [-0.05, 0) is 41.5 Å². The molecule has 1 aliphatic rings. The molecule has 0 aliphatic carbocycles. The molecule has 2 aromatic carbocycles. The van der Waals surface area contributed by atoms with Gasteiger partial charge in [0.1, 0.15) is 5.82 Å². The van der Waals surface area contributed by atoms with Gasteiger partial charge in [-0.2, -0.15) is 13.2 Å². The lowest BCUT2D eigenvalue weighted by molar-refractivity contribution is -0.139. The number of allylic oxidation sites excluding steroid dienone is 1. The van der Waals surface area contributed by atoms with Crippen LogP contribution in [0.15, 0.2) is 42.2 Å². The molecule has 1 aliphatic heterocycles. The van der Waals surface area contributed by atoms with Crippen LogP contribution in [0, 0.1) is 5.82 Å². The number of hydrogen-bond donors (Lipinski definition) is 1. The number of hydrogen-bond acceptors (Lipinski definition) is 1. The zero-order valence-electron chi connectivity index (χ0n) is 13.0. The molecule has 3 rings (SSSR count). The van der Waals surface area contributed by atoms with E-state index in [1.807, 2.05) is 0 Å². The summed E-state index contributed by atoms with van der Waals surface area (Å²) in [6.07, 6.45) is -0.669. The normalized spacial score (nSPS) is 14.9. The van der Waals surface area contributed by atoms with Crippen molar-refractivity contribution < 1.29 is 17.6 Å². The zero-order chi connectivity index (χ0) is 19.1. The third kappa shape index (κ3) is 3.81. The van der Waals surface area contributed by atoms with Gasteiger partial charge in [0.25, 0.3) is 0 Å². The Morgan fingerprint density at radius 3 is 2.35 bits per heavy atom. The van der Waals surface area contributed by atoms with Gasteiger partial charge in [0.15, 0.2) is 5.82 Å². The van der Waals surface area contributed by atoms with Crippen LogP contribution in [0.4, 0.5) is 23.2 Å². The molecule has 1 heterocycles. The highest BCUT2D eigenvalue weighted by atomic mass is 35.5. The Bertz CT molecular complexity index is 897. The number of alkyl halides is 3. The van der Waals surface area contributed by atoms with E-state index in [4.69, 9.17) is 28.9 Å². The lowest BCUT2D eigenvalue weighted by Gasteiger charge is -2.18. The van der Waals surface area contributed by atoms with Gasteiger partial charge in [-0.1, -0.05) is 41.4 Å². The van der Waals surface area contributed by atoms with E-state index in [1.54, 1.807) is 24.3 Å². The topological polar surface area (TPSA) is 40.1 Å². The van der Waals surface area contributed by atoms with E-state index in [-0.39, 0.29) is 5.56 Å². The molecular formula is C18H11Cl2F4N2. The van der Waals surface area contributed by atoms with Gasteiger partial charge >= 0.3 is 6.18 Å².